The smallest absolute Gasteiger partial charge is 0.228 e. The number of rotatable bonds is 7. The fourth-order valence-electron chi connectivity index (χ4n) is 5.51. The highest BCUT2D eigenvalue weighted by Gasteiger charge is 2.55. The van der Waals surface area contributed by atoms with Crippen molar-refractivity contribution in [1.82, 2.24) is 4.90 Å². The average Bonchev–Trinajstić information content (AvgIpc) is 2.45. The summed E-state index contributed by atoms with van der Waals surface area (Å²) in [5.41, 5.74) is 5.61. The largest absolute Gasteiger partial charge is 0.383 e. The zero-order chi connectivity index (χ0) is 14.9. The van der Waals surface area contributed by atoms with Crippen LogP contribution in [0.5, 0.6) is 0 Å². The quantitative estimate of drug-likeness (QED) is 0.781. The Balaban J connectivity index is 1.72. The van der Waals surface area contributed by atoms with Crippen molar-refractivity contribution in [1.29, 1.82) is 0 Å². The number of carbonyl (C=O) groups is 1. The van der Waals surface area contributed by atoms with Crippen LogP contribution in [0, 0.1) is 23.2 Å². The van der Waals surface area contributed by atoms with Crippen LogP contribution in [0.1, 0.15) is 44.9 Å². The van der Waals surface area contributed by atoms with Crippen LogP contribution in [0.15, 0.2) is 0 Å². The Kier molecular flexibility index (Phi) is 4.55. The Morgan fingerprint density at radius 2 is 1.71 bits per heavy atom. The molecule has 4 nitrogen and oxygen atoms in total. The summed E-state index contributed by atoms with van der Waals surface area (Å²) in [6.45, 7) is 2.79. The molecule has 0 atom stereocenters. The number of carbonyl (C=O) groups excluding carboxylic acids is 1. The molecule has 0 spiro atoms. The SMILES string of the molecule is COCCN(CCCN)C(=O)C12CC3CC(CC(C3)C1)C2. The molecule has 0 aromatic heterocycles. The van der Waals surface area contributed by atoms with E-state index in [1.165, 1.54) is 19.3 Å². The van der Waals surface area contributed by atoms with Gasteiger partial charge in [-0.25, -0.2) is 0 Å². The Bertz CT molecular complexity index is 340. The van der Waals surface area contributed by atoms with Gasteiger partial charge in [0.25, 0.3) is 0 Å². The Labute approximate surface area is 128 Å². The second-order valence-corrected chi connectivity index (χ2v) is 7.63. The molecule has 0 aromatic rings. The van der Waals surface area contributed by atoms with E-state index in [2.05, 4.69) is 0 Å². The summed E-state index contributed by atoms with van der Waals surface area (Å²) < 4.78 is 5.20. The third kappa shape index (κ3) is 2.98. The van der Waals surface area contributed by atoms with Crippen molar-refractivity contribution in [3.05, 3.63) is 0 Å². The van der Waals surface area contributed by atoms with E-state index >= 15 is 0 Å². The number of nitrogens with two attached hydrogens (primary N) is 1. The lowest BCUT2D eigenvalue weighted by molar-refractivity contribution is -0.158. The van der Waals surface area contributed by atoms with E-state index in [1.807, 2.05) is 4.90 Å². The second-order valence-electron chi connectivity index (χ2n) is 7.63. The molecule has 0 aromatic carbocycles. The number of nitrogens with zero attached hydrogens (tertiary/aromatic N) is 1. The van der Waals surface area contributed by atoms with E-state index in [1.54, 1.807) is 7.11 Å². The summed E-state index contributed by atoms with van der Waals surface area (Å²) in [5.74, 6) is 2.86. The van der Waals surface area contributed by atoms with Crippen molar-refractivity contribution in [3.63, 3.8) is 0 Å². The van der Waals surface area contributed by atoms with Crippen molar-refractivity contribution in [2.24, 2.45) is 28.9 Å². The molecular formula is C17H30N2O2. The number of hydrogen-bond donors (Lipinski definition) is 1. The van der Waals surface area contributed by atoms with Gasteiger partial charge in [0.15, 0.2) is 0 Å². The fourth-order valence-corrected chi connectivity index (χ4v) is 5.51. The first-order valence-electron chi connectivity index (χ1n) is 8.65. The lowest BCUT2D eigenvalue weighted by Gasteiger charge is -2.56. The van der Waals surface area contributed by atoms with Gasteiger partial charge in [0.1, 0.15) is 0 Å². The number of amides is 1. The standard InChI is InChI=1S/C17H30N2O2/c1-21-6-5-19(4-2-3-18)16(20)17-10-13-7-14(11-17)9-15(8-13)12-17/h13-15H,2-12,18H2,1H3. The van der Waals surface area contributed by atoms with Gasteiger partial charge in [0, 0.05) is 20.2 Å². The third-order valence-corrected chi connectivity index (χ3v) is 5.98. The van der Waals surface area contributed by atoms with Gasteiger partial charge in [-0.1, -0.05) is 0 Å². The molecule has 4 bridgehead atoms. The minimum absolute atomic E-state index is 0.0307. The first kappa shape index (κ1) is 15.3. The van der Waals surface area contributed by atoms with E-state index in [9.17, 15) is 4.79 Å². The van der Waals surface area contributed by atoms with Crippen molar-refractivity contribution in [2.45, 2.75) is 44.9 Å². The van der Waals surface area contributed by atoms with Crippen molar-refractivity contribution in [2.75, 3.05) is 33.4 Å². The number of methoxy groups -OCH3 is 1. The van der Waals surface area contributed by atoms with Crippen LogP contribution in [-0.4, -0.2) is 44.2 Å². The molecule has 4 heteroatoms. The lowest BCUT2D eigenvalue weighted by Crippen LogP contribution is -2.55. The van der Waals surface area contributed by atoms with E-state index in [0.29, 0.717) is 19.1 Å². The van der Waals surface area contributed by atoms with Crippen molar-refractivity contribution >= 4 is 5.91 Å². The molecule has 4 rings (SSSR count). The molecule has 21 heavy (non-hydrogen) atoms. The van der Waals surface area contributed by atoms with Crippen LogP contribution in [0.3, 0.4) is 0 Å². The van der Waals surface area contributed by atoms with Gasteiger partial charge in [-0.05, 0) is 69.2 Å². The zero-order valence-electron chi connectivity index (χ0n) is 13.4. The molecule has 4 fully saturated rings. The molecule has 0 radical (unpaired) electrons. The summed E-state index contributed by atoms with van der Waals surface area (Å²) >= 11 is 0. The first-order chi connectivity index (χ1) is 10.2. The minimum Gasteiger partial charge on any atom is -0.383 e. The highest BCUT2D eigenvalue weighted by molar-refractivity contribution is 5.83. The molecule has 120 valence electrons. The van der Waals surface area contributed by atoms with Crippen LogP contribution in [-0.2, 0) is 9.53 Å². The molecule has 0 unspecified atom stereocenters. The van der Waals surface area contributed by atoms with Crippen LogP contribution in [0.25, 0.3) is 0 Å². The topological polar surface area (TPSA) is 55.6 Å². The molecular weight excluding hydrogens is 264 g/mol. The van der Waals surface area contributed by atoms with E-state index in [-0.39, 0.29) is 5.41 Å². The molecule has 1 amide bonds. The number of ether oxygens (including phenoxy) is 1. The third-order valence-electron chi connectivity index (χ3n) is 5.98. The normalized spacial score (nSPS) is 37.0. The average molecular weight is 294 g/mol. The lowest BCUT2D eigenvalue weighted by atomic mass is 9.49. The predicted octanol–water partition coefficient (Wildman–Crippen LogP) is 2.03. The van der Waals surface area contributed by atoms with Crippen LogP contribution >= 0.6 is 0 Å². The van der Waals surface area contributed by atoms with E-state index in [0.717, 1.165) is 56.5 Å². The minimum atomic E-state index is -0.0307. The molecule has 4 aliphatic rings. The van der Waals surface area contributed by atoms with E-state index < -0.39 is 0 Å². The second kappa shape index (κ2) is 6.25. The maximum atomic E-state index is 13.2. The van der Waals surface area contributed by atoms with Crippen molar-refractivity contribution < 1.29 is 9.53 Å². The Morgan fingerprint density at radius 3 is 2.19 bits per heavy atom. The van der Waals surface area contributed by atoms with Gasteiger partial charge in [0.2, 0.25) is 5.91 Å². The summed E-state index contributed by atoms with van der Waals surface area (Å²) in [7, 11) is 1.70. The molecule has 2 N–H and O–H groups in total. The summed E-state index contributed by atoms with van der Waals surface area (Å²) in [5, 5.41) is 0. The van der Waals surface area contributed by atoms with Gasteiger partial charge in [-0.15, -0.1) is 0 Å². The van der Waals surface area contributed by atoms with Gasteiger partial charge >= 0.3 is 0 Å². The summed E-state index contributed by atoms with van der Waals surface area (Å²) in [6.07, 6.45) is 8.47. The highest BCUT2D eigenvalue weighted by atomic mass is 16.5. The van der Waals surface area contributed by atoms with Gasteiger partial charge < -0.3 is 15.4 Å². The van der Waals surface area contributed by atoms with Crippen LogP contribution in [0.4, 0.5) is 0 Å². The fraction of sp³-hybridized carbons (Fsp3) is 0.941. The summed E-state index contributed by atoms with van der Waals surface area (Å²) in [6, 6.07) is 0. The summed E-state index contributed by atoms with van der Waals surface area (Å²) in [4.78, 5) is 15.3. The van der Waals surface area contributed by atoms with Crippen LogP contribution < -0.4 is 5.73 Å². The molecule has 0 heterocycles. The van der Waals surface area contributed by atoms with Gasteiger partial charge in [0.05, 0.1) is 12.0 Å². The van der Waals surface area contributed by atoms with E-state index in [4.69, 9.17) is 10.5 Å². The van der Waals surface area contributed by atoms with Crippen LogP contribution in [0.2, 0.25) is 0 Å². The monoisotopic (exact) mass is 294 g/mol. The number of hydrogen-bond acceptors (Lipinski definition) is 3. The zero-order valence-corrected chi connectivity index (χ0v) is 13.4. The Hall–Kier alpha value is -0.610. The molecule has 4 saturated carbocycles. The highest BCUT2D eigenvalue weighted by Crippen LogP contribution is 2.60. The first-order valence-corrected chi connectivity index (χ1v) is 8.65. The Morgan fingerprint density at radius 1 is 1.14 bits per heavy atom. The molecule has 0 aliphatic heterocycles. The molecule has 0 saturated heterocycles. The van der Waals surface area contributed by atoms with Crippen molar-refractivity contribution in [3.8, 4) is 0 Å². The predicted molar refractivity (Wildman–Crippen MR) is 82.7 cm³/mol. The van der Waals surface area contributed by atoms with Gasteiger partial charge in [-0.2, -0.15) is 0 Å². The molecule has 4 aliphatic carbocycles. The maximum absolute atomic E-state index is 13.2. The maximum Gasteiger partial charge on any atom is 0.228 e. The van der Waals surface area contributed by atoms with Gasteiger partial charge in [-0.3, -0.25) is 4.79 Å².